The van der Waals surface area contributed by atoms with Crippen molar-refractivity contribution in [3.63, 3.8) is 0 Å². The highest BCUT2D eigenvalue weighted by Gasteiger charge is 2.18. The SMILES string of the molecule is Cc1cc(C(C)C(=O)O)sc1-c1ccc(O)cc1. The minimum absolute atomic E-state index is 0.229. The van der Waals surface area contributed by atoms with E-state index < -0.39 is 11.9 Å². The number of aromatic hydroxyl groups is 1. The van der Waals surface area contributed by atoms with Gasteiger partial charge >= 0.3 is 5.97 Å². The van der Waals surface area contributed by atoms with Gasteiger partial charge < -0.3 is 10.2 Å². The Balaban J connectivity index is 2.40. The van der Waals surface area contributed by atoms with E-state index in [2.05, 4.69) is 0 Å². The van der Waals surface area contributed by atoms with Crippen molar-refractivity contribution in [2.24, 2.45) is 0 Å². The Hall–Kier alpha value is -1.81. The van der Waals surface area contributed by atoms with Gasteiger partial charge in [-0.3, -0.25) is 4.79 Å². The number of benzene rings is 1. The summed E-state index contributed by atoms with van der Waals surface area (Å²) in [5.41, 5.74) is 2.06. The van der Waals surface area contributed by atoms with Crippen LogP contribution in [0.25, 0.3) is 10.4 Å². The van der Waals surface area contributed by atoms with Crippen LogP contribution in [-0.2, 0) is 4.79 Å². The van der Waals surface area contributed by atoms with Gasteiger partial charge in [-0.15, -0.1) is 11.3 Å². The van der Waals surface area contributed by atoms with E-state index in [0.29, 0.717) is 0 Å². The molecule has 0 aliphatic carbocycles. The molecule has 0 radical (unpaired) electrons. The summed E-state index contributed by atoms with van der Waals surface area (Å²) in [6, 6.07) is 8.86. The van der Waals surface area contributed by atoms with Crippen LogP contribution in [-0.4, -0.2) is 16.2 Å². The summed E-state index contributed by atoms with van der Waals surface area (Å²) in [6.45, 7) is 3.66. The monoisotopic (exact) mass is 262 g/mol. The smallest absolute Gasteiger partial charge is 0.311 e. The van der Waals surface area contributed by atoms with Crippen molar-refractivity contribution in [1.29, 1.82) is 0 Å². The molecule has 94 valence electrons. The zero-order valence-electron chi connectivity index (χ0n) is 10.2. The minimum atomic E-state index is -0.812. The summed E-state index contributed by atoms with van der Waals surface area (Å²) in [4.78, 5) is 12.9. The highest BCUT2D eigenvalue weighted by Crippen LogP contribution is 2.36. The van der Waals surface area contributed by atoms with E-state index >= 15 is 0 Å². The first-order valence-electron chi connectivity index (χ1n) is 5.61. The lowest BCUT2D eigenvalue weighted by atomic mass is 10.1. The minimum Gasteiger partial charge on any atom is -0.508 e. The second kappa shape index (κ2) is 4.82. The van der Waals surface area contributed by atoms with Crippen LogP contribution in [0.15, 0.2) is 30.3 Å². The van der Waals surface area contributed by atoms with Gasteiger partial charge in [0.25, 0.3) is 0 Å². The van der Waals surface area contributed by atoms with Crippen molar-refractivity contribution in [2.75, 3.05) is 0 Å². The molecule has 0 aliphatic heterocycles. The molecule has 0 bridgehead atoms. The molecule has 4 heteroatoms. The molecule has 1 atom stereocenters. The van der Waals surface area contributed by atoms with Crippen molar-refractivity contribution >= 4 is 17.3 Å². The number of thiophene rings is 1. The summed E-state index contributed by atoms with van der Waals surface area (Å²) in [5, 5.41) is 18.3. The number of phenols is 1. The van der Waals surface area contributed by atoms with Gasteiger partial charge in [0.1, 0.15) is 5.75 Å². The quantitative estimate of drug-likeness (QED) is 0.888. The highest BCUT2D eigenvalue weighted by atomic mass is 32.1. The van der Waals surface area contributed by atoms with Crippen LogP contribution in [0.1, 0.15) is 23.3 Å². The molecule has 18 heavy (non-hydrogen) atoms. The van der Waals surface area contributed by atoms with Gasteiger partial charge in [-0.1, -0.05) is 0 Å². The molecule has 1 heterocycles. The average molecular weight is 262 g/mol. The van der Waals surface area contributed by atoms with E-state index in [1.54, 1.807) is 19.1 Å². The molecule has 0 amide bonds. The molecule has 1 aromatic heterocycles. The van der Waals surface area contributed by atoms with Crippen LogP contribution < -0.4 is 0 Å². The van der Waals surface area contributed by atoms with Crippen LogP contribution in [0.4, 0.5) is 0 Å². The molecular formula is C14H14O3S. The number of hydrogen-bond donors (Lipinski definition) is 2. The maximum Gasteiger partial charge on any atom is 0.311 e. The highest BCUT2D eigenvalue weighted by molar-refractivity contribution is 7.15. The summed E-state index contributed by atoms with van der Waals surface area (Å²) in [7, 11) is 0. The fourth-order valence-electron chi connectivity index (χ4n) is 1.74. The maximum absolute atomic E-state index is 11.0. The van der Waals surface area contributed by atoms with Gasteiger partial charge in [0.15, 0.2) is 0 Å². The number of aryl methyl sites for hydroxylation is 1. The lowest BCUT2D eigenvalue weighted by molar-refractivity contribution is -0.138. The molecule has 0 saturated heterocycles. The van der Waals surface area contributed by atoms with E-state index in [1.807, 2.05) is 25.1 Å². The van der Waals surface area contributed by atoms with Crippen molar-refractivity contribution < 1.29 is 15.0 Å². The number of phenolic OH excluding ortho intramolecular Hbond substituents is 1. The number of carbonyl (C=O) groups is 1. The van der Waals surface area contributed by atoms with E-state index in [0.717, 1.165) is 20.9 Å². The molecule has 3 nitrogen and oxygen atoms in total. The van der Waals surface area contributed by atoms with Gasteiger partial charge in [-0.05, 0) is 55.3 Å². The van der Waals surface area contributed by atoms with Crippen LogP contribution in [0, 0.1) is 6.92 Å². The van der Waals surface area contributed by atoms with Crippen molar-refractivity contribution in [3.8, 4) is 16.2 Å². The third-order valence-electron chi connectivity index (χ3n) is 2.86. The Labute approximate surface area is 109 Å². The number of carboxylic acid groups (broad SMARTS) is 1. The lowest BCUT2D eigenvalue weighted by Gasteiger charge is -2.01. The van der Waals surface area contributed by atoms with Crippen LogP contribution >= 0.6 is 11.3 Å². The normalized spacial score (nSPS) is 12.3. The predicted octanol–water partition coefficient (Wildman–Crippen LogP) is 3.62. The Morgan fingerprint density at radius 3 is 2.44 bits per heavy atom. The largest absolute Gasteiger partial charge is 0.508 e. The Bertz CT molecular complexity index is 569. The fourth-order valence-corrected chi connectivity index (χ4v) is 2.96. The molecule has 2 rings (SSSR count). The Morgan fingerprint density at radius 1 is 1.28 bits per heavy atom. The zero-order chi connectivity index (χ0) is 13.3. The van der Waals surface area contributed by atoms with Gasteiger partial charge in [-0.2, -0.15) is 0 Å². The van der Waals surface area contributed by atoms with E-state index in [1.165, 1.54) is 11.3 Å². The molecule has 0 fully saturated rings. The number of rotatable bonds is 3. The first-order chi connectivity index (χ1) is 8.49. The summed E-state index contributed by atoms with van der Waals surface area (Å²) < 4.78 is 0. The predicted molar refractivity (Wildman–Crippen MR) is 72.2 cm³/mol. The molecule has 0 aliphatic rings. The van der Waals surface area contributed by atoms with E-state index in [-0.39, 0.29) is 5.75 Å². The zero-order valence-corrected chi connectivity index (χ0v) is 11.0. The molecule has 1 unspecified atom stereocenters. The van der Waals surface area contributed by atoms with Crippen LogP contribution in [0.3, 0.4) is 0 Å². The first-order valence-corrected chi connectivity index (χ1v) is 6.43. The van der Waals surface area contributed by atoms with E-state index in [9.17, 15) is 9.90 Å². The Kier molecular flexibility index (Phi) is 3.39. The third kappa shape index (κ3) is 2.38. The van der Waals surface area contributed by atoms with Crippen LogP contribution in [0.5, 0.6) is 5.75 Å². The second-order valence-electron chi connectivity index (χ2n) is 4.27. The molecule has 0 saturated carbocycles. The first kappa shape index (κ1) is 12.6. The average Bonchev–Trinajstić information content (AvgIpc) is 2.71. The number of aliphatic carboxylic acids is 1. The topological polar surface area (TPSA) is 57.5 Å². The van der Waals surface area contributed by atoms with Gasteiger partial charge in [0, 0.05) is 9.75 Å². The second-order valence-corrected chi connectivity index (χ2v) is 5.35. The number of hydrogen-bond acceptors (Lipinski definition) is 3. The van der Waals surface area contributed by atoms with Crippen molar-refractivity contribution in [2.45, 2.75) is 19.8 Å². The molecule has 0 spiro atoms. The maximum atomic E-state index is 11.0. The molecular weight excluding hydrogens is 248 g/mol. The van der Waals surface area contributed by atoms with Crippen molar-refractivity contribution in [3.05, 3.63) is 40.8 Å². The lowest BCUT2D eigenvalue weighted by Crippen LogP contribution is -2.05. The van der Waals surface area contributed by atoms with E-state index in [4.69, 9.17) is 5.11 Å². The Morgan fingerprint density at radius 2 is 1.89 bits per heavy atom. The molecule has 1 aromatic carbocycles. The molecule has 2 N–H and O–H groups in total. The van der Waals surface area contributed by atoms with Crippen LogP contribution in [0.2, 0.25) is 0 Å². The number of carboxylic acids is 1. The standard InChI is InChI=1S/C14H14O3S/c1-8-7-12(9(2)14(16)17)18-13(8)10-3-5-11(15)6-4-10/h3-7,9,15H,1-2H3,(H,16,17). The van der Waals surface area contributed by atoms with Crippen molar-refractivity contribution in [1.82, 2.24) is 0 Å². The van der Waals surface area contributed by atoms with Gasteiger partial charge in [0.05, 0.1) is 5.92 Å². The summed E-state index contributed by atoms with van der Waals surface area (Å²) >= 11 is 1.49. The van der Waals surface area contributed by atoms with Gasteiger partial charge in [-0.25, -0.2) is 0 Å². The third-order valence-corrected chi connectivity index (χ3v) is 4.33. The fraction of sp³-hybridized carbons (Fsp3) is 0.214. The van der Waals surface area contributed by atoms with Gasteiger partial charge in [0.2, 0.25) is 0 Å². The summed E-state index contributed by atoms with van der Waals surface area (Å²) in [6.07, 6.45) is 0. The molecule has 2 aromatic rings. The summed E-state index contributed by atoms with van der Waals surface area (Å²) in [5.74, 6) is -1.07.